The van der Waals surface area contributed by atoms with Gasteiger partial charge in [0.15, 0.2) is 0 Å². The largest absolute Gasteiger partial charge is 0.365 e. The maximum atomic E-state index is 13.2. The van der Waals surface area contributed by atoms with Crippen molar-refractivity contribution in [1.29, 1.82) is 0 Å². The molecule has 1 saturated heterocycles. The van der Waals surface area contributed by atoms with Crippen molar-refractivity contribution in [1.82, 2.24) is 9.29 Å². The van der Waals surface area contributed by atoms with Crippen molar-refractivity contribution in [3.8, 4) is 0 Å². The number of carbonyl (C=O) groups excluding carboxylic acids is 1. The predicted molar refractivity (Wildman–Crippen MR) is 109 cm³/mol. The van der Waals surface area contributed by atoms with Crippen LogP contribution in [0.4, 0.5) is 11.5 Å². The average molecular weight is 401 g/mol. The van der Waals surface area contributed by atoms with E-state index in [-0.39, 0.29) is 11.9 Å². The number of hydrogen-bond acceptors (Lipinski definition) is 5. The molecule has 1 amide bonds. The van der Waals surface area contributed by atoms with Crippen LogP contribution < -0.4 is 10.2 Å². The molecule has 2 aromatic rings. The van der Waals surface area contributed by atoms with Gasteiger partial charge in [-0.2, -0.15) is 0 Å². The van der Waals surface area contributed by atoms with Gasteiger partial charge in [0.2, 0.25) is 10.0 Å². The summed E-state index contributed by atoms with van der Waals surface area (Å²) in [5.41, 5.74) is 2.63. The highest BCUT2D eigenvalue weighted by atomic mass is 32.2. The first kappa shape index (κ1) is 18.9. The minimum absolute atomic E-state index is 0.0733. The molecule has 3 heterocycles. The fraction of sp³-hybridized carbons (Fsp3) is 0.400. The number of carbonyl (C=O) groups is 1. The molecule has 0 saturated carbocycles. The molecular weight excluding hydrogens is 376 g/mol. The van der Waals surface area contributed by atoms with E-state index in [1.165, 1.54) is 16.1 Å². The van der Waals surface area contributed by atoms with Gasteiger partial charge >= 0.3 is 0 Å². The van der Waals surface area contributed by atoms with Crippen molar-refractivity contribution < 1.29 is 13.2 Å². The summed E-state index contributed by atoms with van der Waals surface area (Å²) in [5, 5.41) is 3.32. The summed E-state index contributed by atoms with van der Waals surface area (Å²) in [6.45, 7) is 1.57. The number of sulfonamides is 1. The van der Waals surface area contributed by atoms with E-state index < -0.39 is 10.0 Å². The SMILES string of the molecule is CS(=O)(=O)N1CCCC(Nc2ncccc2C(=O)N2CCc3ccccc32)C1. The lowest BCUT2D eigenvalue weighted by molar-refractivity contribution is 0.0989. The summed E-state index contributed by atoms with van der Waals surface area (Å²) >= 11 is 0. The van der Waals surface area contributed by atoms with E-state index in [1.807, 2.05) is 24.3 Å². The number of nitrogens with zero attached hydrogens (tertiary/aromatic N) is 3. The van der Waals surface area contributed by atoms with Crippen molar-refractivity contribution in [2.75, 3.05) is 36.1 Å². The summed E-state index contributed by atoms with van der Waals surface area (Å²) in [6.07, 6.45) is 5.34. The molecule has 0 radical (unpaired) electrons. The molecule has 2 aliphatic heterocycles. The lowest BCUT2D eigenvalue weighted by Crippen LogP contribution is -2.45. The molecule has 8 heteroatoms. The van der Waals surface area contributed by atoms with Gasteiger partial charge in [0, 0.05) is 37.6 Å². The highest BCUT2D eigenvalue weighted by molar-refractivity contribution is 7.88. The molecule has 28 heavy (non-hydrogen) atoms. The van der Waals surface area contributed by atoms with Crippen LogP contribution >= 0.6 is 0 Å². The van der Waals surface area contributed by atoms with Gasteiger partial charge in [-0.3, -0.25) is 4.79 Å². The van der Waals surface area contributed by atoms with Crippen molar-refractivity contribution >= 4 is 27.4 Å². The van der Waals surface area contributed by atoms with Crippen LogP contribution in [0.1, 0.15) is 28.8 Å². The summed E-state index contributed by atoms with van der Waals surface area (Å²) in [6, 6.07) is 11.4. The summed E-state index contributed by atoms with van der Waals surface area (Å²) in [7, 11) is -3.23. The van der Waals surface area contributed by atoms with Crippen LogP contribution in [0.2, 0.25) is 0 Å². The summed E-state index contributed by atoms with van der Waals surface area (Å²) < 4.78 is 25.2. The number of aromatic nitrogens is 1. The van der Waals surface area contributed by atoms with Gasteiger partial charge in [-0.25, -0.2) is 17.7 Å². The minimum atomic E-state index is -3.23. The Morgan fingerprint density at radius 3 is 2.82 bits per heavy atom. The second-order valence-corrected chi connectivity index (χ2v) is 9.32. The Balaban J connectivity index is 1.55. The number of para-hydroxylation sites is 1. The normalized spacial score (nSPS) is 20.0. The summed E-state index contributed by atoms with van der Waals surface area (Å²) in [4.78, 5) is 19.4. The second kappa shape index (κ2) is 7.52. The Morgan fingerprint density at radius 1 is 1.18 bits per heavy atom. The van der Waals surface area contributed by atoms with Crippen LogP contribution in [0.5, 0.6) is 0 Å². The number of benzene rings is 1. The number of fused-ring (bicyclic) bond motifs is 1. The lowest BCUT2D eigenvalue weighted by Gasteiger charge is -2.32. The van der Waals surface area contributed by atoms with Crippen LogP contribution in [-0.2, 0) is 16.4 Å². The third-order valence-corrected chi connectivity index (χ3v) is 6.63. The van der Waals surface area contributed by atoms with Crippen LogP contribution in [0.15, 0.2) is 42.6 Å². The monoisotopic (exact) mass is 400 g/mol. The first-order chi connectivity index (χ1) is 13.4. The maximum Gasteiger partial charge on any atom is 0.262 e. The van der Waals surface area contributed by atoms with E-state index >= 15 is 0 Å². The van der Waals surface area contributed by atoms with Gasteiger partial charge in [0.1, 0.15) is 5.82 Å². The zero-order chi connectivity index (χ0) is 19.7. The highest BCUT2D eigenvalue weighted by Gasteiger charge is 2.29. The predicted octanol–water partition coefficient (Wildman–Crippen LogP) is 2.12. The van der Waals surface area contributed by atoms with Gasteiger partial charge in [-0.05, 0) is 43.0 Å². The van der Waals surface area contributed by atoms with E-state index in [1.54, 1.807) is 23.2 Å². The van der Waals surface area contributed by atoms with Crippen molar-refractivity contribution in [3.05, 3.63) is 53.7 Å². The van der Waals surface area contributed by atoms with E-state index in [4.69, 9.17) is 0 Å². The molecule has 2 aliphatic rings. The zero-order valence-corrected chi connectivity index (χ0v) is 16.7. The van der Waals surface area contributed by atoms with Gasteiger partial charge < -0.3 is 10.2 Å². The number of piperidine rings is 1. The number of nitrogens with one attached hydrogen (secondary N) is 1. The molecule has 1 aromatic heterocycles. The Hall–Kier alpha value is -2.45. The second-order valence-electron chi connectivity index (χ2n) is 7.34. The topological polar surface area (TPSA) is 82.6 Å². The molecule has 7 nitrogen and oxygen atoms in total. The van der Waals surface area contributed by atoms with Crippen molar-refractivity contribution in [2.24, 2.45) is 0 Å². The number of rotatable bonds is 4. The van der Waals surface area contributed by atoms with Gasteiger partial charge in [0.25, 0.3) is 5.91 Å². The lowest BCUT2D eigenvalue weighted by atomic mass is 10.1. The quantitative estimate of drug-likeness (QED) is 0.850. The first-order valence-corrected chi connectivity index (χ1v) is 11.3. The van der Waals surface area contributed by atoms with E-state index in [9.17, 15) is 13.2 Å². The number of pyridine rings is 1. The molecule has 1 unspecified atom stereocenters. The Labute approximate surface area is 165 Å². The third-order valence-electron chi connectivity index (χ3n) is 5.36. The molecule has 0 aliphatic carbocycles. The first-order valence-electron chi connectivity index (χ1n) is 9.50. The van der Waals surface area contributed by atoms with Crippen molar-refractivity contribution in [3.63, 3.8) is 0 Å². The molecule has 1 aromatic carbocycles. The van der Waals surface area contributed by atoms with Crippen LogP contribution in [0.25, 0.3) is 0 Å². The van der Waals surface area contributed by atoms with Crippen LogP contribution in [-0.4, -0.2) is 55.5 Å². The third kappa shape index (κ3) is 3.74. The molecule has 1 fully saturated rings. The molecule has 4 rings (SSSR count). The molecule has 0 bridgehead atoms. The molecule has 148 valence electrons. The number of amides is 1. The van der Waals surface area contributed by atoms with Crippen LogP contribution in [0, 0.1) is 0 Å². The number of hydrogen-bond donors (Lipinski definition) is 1. The van der Waals surface area contributed by atoms with Crippen molar-refractivity contribution in [2.45, 2.75) is 25.3 Å². The molecule has 0 spiro atoms. The van der Waals surface area contributed by atoms with Gasteiger partial charge in [0.05, 0.1) is 11.8 Å². The summed E-state index contributed by atoms with van der Waals surface area (Å²) in [5.74, 6) is 0.425. The Morgan fingerprint density at radius 2 is 2.00 bits per heavy atom. The Kier molecular flexibility index (Phi) is 5.07. The van der Waals surface area contributed by atoms with Gasteiger partial charge in [-0.1, -0.05) is 18.2 Å². The minimum Gasteiger partial charge on any atom is -0.365 e. The Bertz CT molecular complexity index is 992. The van der Waals surface area contributed by atoms with E-state index in [0.717, 1.165) is 24.9 Å². The van der Waals surface area contributed by atoms with E-state index in [0.29, 0.717) is 31.0 Å². The smallest absolute Gasteiger partial charge is 0.262 e. The van der Waals surface area contributed by atoms with E-state index in [2.05, 4.69) is 10.3 Å². The average Bonchev–Trinajstić information content (AvgIpc) is 3.12. The molecule has 1 atom stereocenters. The maximum absolute atomic E-state index is 13.2. The molecule has 1 N–H and O–H groups in total. The standard InChI is InChI=1S/C20H24N4O3S/c1-28(26,27)23-12-5-7-16(14-23)22-19-17(8-4-11-21-19)20(25)24-13-10-15-6-2-3-9-18(15)24/h2-4,6,8-9,11,16H,5,7,10,12-14H2,1H3,(H,21,22). The fourth-order valence-electron chi connectivity index (χ4n) is 3.94. The molecular formula is C20H24N4O3S. The van der Waals surface area contributed by atoms with Gasteiger partial charge in [-0.15, -0.1) is 0 Å². The highest BCUT2D eigenvalue weighted by Crippen LogP contribution is 2.30. The number of anilines is 2. The fourth-order valence-corrected chi connectivity index (χ4v) is 4.85. The zero-order valence-electron chi connectivity index (χ0n) is 15.8. The van der Waals surface area contributed by atoms with Crippen LogP contribution in [0.3, 0.4) is 0 Å².